The highest BCUT2D eigenvalue weighted by Gasteiger charge is 2.37. The maximum absolute atomic E-state index is 16.0. The molecule has 38 heavy (non-hydrogen) atoms. The SMILES string of the molecule is C=CC(=O)N1CCN(c2nc(OC)nc3c(F)c(-c4cccc5ccc(F)c(Cl)c45)ncc23)CC1C(F)F. The number of amides is 1. The summed E-state index contributed by atoms with van der Waals surface area (Å²) >= 11 is 6.24. The molecule has 5 rings (SSSR count). The highest BCUT2D eigenvalue weighted by molar-refractivity contribution is 6.36. The minimum Gasteiger partial charge on any atom is -0.467 e. The Morgan fingerprint density at radius 2 is 2.00 bits per heavy atom. The lowest BCUT2D eigenvalue weighted by Crippen LogP contribution is -2.58. The van der Waals surface area contributed by atoms with Gasteiger partial charge in [0.15, 0.2) is 5.82 Å². The number of alkyl halides is 2. The molecule has 1 fully saturated rings. The number of rotatable bonds is 5. The normalized spacial score (nSPS) is 15.9. The van der Waals surface area contributed by atoms with E-state index in [4.69, 9.17) is 16.3 Å². The number of benzene rings is 2. The van der Waals surface area contributed by atoms with Gasteiger partial charge in [-0.2, -0.15) is 9.97 Å². The fourth-order valence-corrected chi connectivity index (χ4v) is 4.93. The second kappa shape index (κ2) is 10.1. The summed E-state index contributed by atoms with van der Waals surface area (Å²) in [6.07, 6.45) is -0.525. The number of ether oxygens (including phenoxy) is 1. The highest BCUT2D eigenvalue weighted by Crippen LogP contribution is 2.38. The van der Waals surface area contributed by atoms with E-state index < -0.39 is 30.0 Å². The van der Waals surface area contributed by atoms with Gasteiger partial charge in [-0.3, -0.25) is 9.78 Å². The number of carbonyl (C=O) groups is 1. The first-order chi connectivity index (χ1) is 18.2. The highest BCUT2D eigenvalue weighted by atomic mass is 35.5. The molecular formula is C26H20ClF4N5O2. The molecule has 1 unspecified atom stereocenters. The molecule has 1 aliphatic heterocycles. The largest absolute Gasteiger partial charge is 0.467 e. The van der Waals surface area contributed by atoms with E-state index in [0.717, 1.165) is 11.0 Å². The number of piperazine rings is 1. The fraction of sp³-hybridized carbons (Fsp3) is 0.231. The number of anilines is 1. The Morgan fingerprint density at radius 3 is 2.71 bits per heavy atom. The number of carbonyl (C=O) groups excluding carboxylic acids is 1. The van der Waals surface area contributed by atoms with Gasteiger partial charge in [0, 0.05) is 36.8 Å². The first kappa shape index (κ1) is 25.7. The van der Waals surface area contributed by atoms with Crippen molar-refractivity contribution in [3.05, 3.63) is 65.8 Å². The molecule has 2 aromatic heterocycles. The molecule has 0 aliphatic carbocycles. The third-order valence-corrected chi connectivity index (χ3v) is 6.85. The van der Waals surface area contributed by atoms with Crippen molar-refractivity contribution in [3.63, 3.8) is 0 Å². The molecule has 12 heteroatoms. The predicted octanol–water partition coefficient (Wildman–Crippen LogP) is 5.25. The topological polar surface area (TPSA) is 71.5 Å². The molecular weight excluding hydrogens is 526 g/mol. The molecule has 4 aromatic rings. The molecule has 7 nitrogen and oxygen atoms in total. The van der Waals surface area contributed by atoms with Crippen LogP contribution in [0.4, 0.5) is 23.4 Å². The second-order valence-electron chi connectivity index (χ2n) is 8.57. The summed E-state index contributed by atoms with van der Waals surface area (Å²) in [7, 11) is 1.29. The first-order valence-corrected chi connectivity index (χ1v) is 11.9. The van der Waals surface area contributed by atoms with Gasteiger partial charge >= 0.3 is 6.01 Å². The molecule has 0 saturated carbocycles. The number of pyridine rings is 1. The Hall–Kier alpha value is -3.99. The van der Waals surface area contributed by atoms with E-state index in [9.17, 15) is 18.0 Å². The summed E-state index contributed by atoms with van der Waals surface area (Å²) in [4.78, 5) is 27.4. The van der Waals surface area contributed by atoms with Crippen LogP contribution >= 0.6 is 11.6 Å². The molecule has 1 atom stereocenters. The van der Waals surface area contributed by atoms with Crippen LogP contribution in [0.2, 0.25) is 5.02 Å². The van der Waals surface area contributed by atoms with Crippen LogP contribution in [0.1, 0.15) is 0 Å². The van der Waals surface area contributed by atoms with Crippen molar-refractivity contribution in [1.29, 1.82) is 0 Å². The summed E-state index contributed by atoms with van der Waals surface area (Å²) in [5.74, 6) is -1.99. The van der Waals surface area contributed by atoms with Crippen LogP contribution in [0.5, 0.6) is 6.01 Å². The second-order valence-corrected chi connectivity index (χ2v) is 8.94. The van der Waals surface area contributed by atoms with Crippen LogP contribution < -0.4 is 9.64 Å². The van der Waals surface area contributed by atoms with E-state index in [2.05, 4.69) is 21.5 Å². The quantitative estimate of drug-likeness (QED) is 0.252. The Labute approximate surface area is 219 Å². The van der Waals surface area contributed by atoms with E-state index >= 15 is 4.39 Å². The zero-order valence-electron chi connectivity index (χ0n) is 20.0. The standard InChI is InChI=1S/C26H20ClF4N5O2/c1-3-18(37)36-10-9-35(12-17(36)24(30)31)25-15-11-32-22(21(29)23(15)33-26(34-25)38-2)14-6-4-5-13-7-8-16(28)20(27)19(13)14/h3-8,11,17,24H,1,9-10,12H2,2H3. The van der Waals surface area contributed by atoms with Crippen molar-refractivity contribution in [2.45, 2.75) is 12.5 Å². The molecule has 3 heterocycles. The number of nitrogens with zero attached hydrogens (tertiary/aromatic N) is 5. The van der Waals surface area contributed by atoms with Crippen LogP contribution in [0.3, 0.4) is 0 Å². The Morgan fingerprint density at radius 1 is 1.21 bits per heavy atom. The van der Waals surface area contributed by atoms with Gasteiger partial charge in [0.05, 0.1) is 17.5 Å². The number of hydrogen-bond acceptors (Lipinski definition) is 6. The van der Waals surface area contributed by atoms with E-state index in [0.29, 0.717) is 5.39 Å². The lowest BCUT2D eigenvalue weighted by Gasteiger charge is -2.41. The average Bonchev–Trinajstić information content (AvgIpc) is 2.93. The Bertz CT molecular complexity index is 1590. The van der Waals surface area contributed by atoms with Crippen molar-refractivity contribution < 1.29 is 27.1 Å². The van der Waals surface area contributed by atoms with Gasteiger partial charge in [-0.05, 0) is 17.5 Å². The molecule has 196 valence electrons. The van der Waals surface area contributed by atoms with Crippen molar-refractivity contribution in [1.82, 2.24) is 19.9 Å². The summed E-state index contributed by atoms with van der Waals surface area (Å²) < 4.78 is 63.3. The molecule has 0 radical (unpaired) electrons. The van der Waals surface area contributed by atoms with Crippen molar-refractivity contribution in [3.8, 4) is 17.3 Å². The van der Waals surface area contributed by atoms with Crippen LogP contribution in [0.25, 0.3) is 32.9 Å². The van der Waals surface area contributed by atoms with Crippen molar-refractivity contribution in [2.24, 2.45) is 0 Å². The first-order valence-electron chi connectivity index (χ1n) is 11.5. The Kier molecular flexibility index (Phi) is 6.78. The predicted molar refractivity (Wildman–Crippen MR) is 136 cm³/mol. The van der Waals surface area contributed by atoms with E-state index in [-0.39, 0.29) is 64.0 Å². The van der Waals surface area contributed by atoms with Crippen LogP contribution in [-0.4, -0.2) is 65.0 Å². The van der Waals surface area contributed by atoms with Gasteiger partial charge in [0.1, 0.15) is 28.9 Å². The molecule has 0 N–H and O–H groups in total. The third kappa shape index (κ3) is 4.26. The minimum absolute atomic E-state index is 0.0261. The van der Waals surface area contributed by atoms with Gasteiger partial charge in [-0.15, -0.1) is 0 Å². The molecule has 2 aromatic carbocycles. The summed E-state index contributed by atoms with van der Waals surface area (Å²) in [5.41, 5.74) is -0.0476. The molecule has 0 spiro atoms. The zero-order chi connectivity index (χ0) is 27.1. The maximum atomic E-state index is 16.0. The van der Waals surface area contributed by atoms with E-state index in [1.165, 1.54) is 30.3 Å². The van der Waals surface area contributed by atoms with E-state index in [1.54, 1.807) is 18.2 Å². The number of aromatic nitrogens is 3. The molecule has 1 amide bonds. The zero-order valence-corrected chi connectivity index (χ0v) is 20.7. The average molecular weight is 546 g/mol. The maximum Gasteiger partial charge on any atom is 0.318 e. The summed E-state index contributed by atoms with van der Waals surface area (Å²) in [6.45, 7) is 3.22. The van der Waals surface area contributed by atoms with Gasteiger partial charge in [0.25, 0.3) is 6.43 Å². The van der Waals surface area contributed by atoms with Crippen molar-refractivity contribution >= 4 is 45.0 Å². The summed E-state index contributed by atoms with van der Waals surface area (Å²) in [5, 5.41) is 0.844. The summed E-state index contributed by atoms with van der Waals surface area (Å²) in [6, 6.07) is 6.06. The van der Waals surface area contributed by atoms with Gasteiger partial charge < -0.3 is 14.5 Å². The molecule has 1 aliphatic rings. The minimum atomic E-state index is -2.84. The number of halogens is 5. The van der Waals surface area contributed by atoms with Gasteiger partial charge in [-0.1, -0.05) is 42.4 Å². The Balaban J connectivity index is 1.66. The van der Waals surface area contributed by atoms with Crippen molar-refractivity contribution in [2.75, 3.05) is 31.6 Å². The monoisotopic (exact) mass is 545 g/mol. The molecule has 1 saturated heterocycles. The van der Waals surface area contributed by atoms with Crippen LogP contribution in [-0.2, 0) is 4.79 Å². The van der Waals surface area contributed by atoms with Gasteiger partial charge in [-0.25, -0.2) is 17.6 Å². The smallest absolute Gasteiger partial charge is 0.318 e. The van der Waals surface area contributed by atoms with Gasteiger partial charge in [0.2, 0.25) is 5.91 Å². The van der Waals surface area contributed by atoms with Crippen LogP contribution in [0, 0.1) is 11.6 Å². The van der Waals surface area contributed by atoms with E-state index in [1.807, 2.05) is 0 Å². The number of fused-ring (bicyclic) bond motifs is 2. The molecule has 0 bridgehead atoms. The lowest BCUT2D eigenvalue weighted by molar-refractivity contribution is -0.132. The van der Waals surface area contributed by atoms with Crippen LogP contribution in [0.15, 0.2) is 49.2 Å². The third-order valence-electron chi connectivity index (χ3n) is 6.48. The fourth-order valence-electron chi connectivity index (χ4n) is 4.66. The number of hydrogen-bond donors (Lipinski definition) is 0. The lowest BCUT2D eigenvalue weighted by atomic mass is 10.0. The number of methoxy groups -OCH3 is 1.